The largest absolute Gasteiger partial charge is 0.386 e. The van der Waals surface area contributed by atoms with E-state index >= 15 is 0 Å². The van der Waals surface area contributed by atoms with Gasteiger partial charge in [-0.15, -0.1) is 5.10 Å². The summed E-state index contributed by atoms with van der Waals surface area (Å²) in [6.07, 6.45) is 11.2. The van der Waals surface area contributed by atoms with Crippen molar-refractivity contribution < 1.29 is 0 Å². The number of nitrogens with two attached hydrogens (primary N) is 1. The zero-order valence-electron chi connectivity index (χ0n) is 17.8. The monoisotopic (exact) mass is 404 g/mol. The number of benzene rings is 1. The summed E-state index contributed by atoms with van der Waals surface area (Å²) in [4.78, 5) is 0. The van der Waals surface area contributed by atoms with Crippen molar-refractivity contribution in [1.82, 2.24) is 5.32 Å². The van der Waals surface area contributed by atoms with E-state index in [1.54, 1.807) is 0 Å². The average Bonchev–Trinajstić information content (AvgIpc) is 2.72. The molecule has 5 heteroatoms. The van der Waals surface area contributed by atoms with Gasteiger partial charge in [-0.05, 0) is 56.4 Å². The predicted octanol–water partition coefficient (Wildman–Crippen LogP) is 6.21. The summed E-state index contributed by atoms with van der Waals surface area (Å²) in [5.74, 6) is 0.659. The Labute approximate surface area is 176 Å². The van der Waals surface area contributed by atoms with Gasteiger partial charge in [0.15, 0.2) is 0 Å². The van der Waals surface area contributed by atoms with Crippen LogP contribution in [0.25, 0.3) is 5.57 Å². The molecular formula is C23H37ClN4. The number of halogens is 1. The summed E-state index contributed by atoms with van der Waals surface area (Å²) in [5.41, 5.74) is 9.34. The van der Waals surface area contributed by atoms with Crippen LogP contribution in [-0.4, -0.2) is 24.6 Å². The number of amidine groups is 1. The molecular weight excluding hydrogens is 368 g/mol. The van der Waals surface area contributed by atoms with Crippen LogP contribution in [0.3, 0.4) is 0 Å². The van der Waals surface area contributed by atoms with Gasteiger partial charge in [-0.2, -0.15) is 5.10 Å². The Balaban J connectivity index is 0.000000281. The van der Waals surface area contributed by atoms with Crippen LogP contribution in [0, 0.1) is 0 Å². The van der Waals surface area contributed by atoms with Gasteiger partial charge in [-0.3, -0.25) is 0 Å². The van der Waals surface area contributed by atoms with Gasteiger partial charge in [0.05, 0.1) is 0 Å². The maximum atomic E-state index is 6.10. The van der Waals surface area contributed by atoms with Gasteiger partial charge in [-0.25, -0.2) is 0 Å². The molecule has 0 bridgehead atoms. The van der Waals surface area contributed by atoms with E-state index in [4.69, 9.17) is 17.3 Å². The number of hydrogen-bond acceptors (Lipinski definition) is 3. The van der Waals surface area contributed by atoms with Crippen LogP contribution in [0.5, 0.6) is 0 Å². The Bertz CT molecular complexity index is 650. The quantitative estimate of drug-likeness (QED) is 0.222. The molecule has 0 aromatic heterocycles. The highest BCUT2D eigenvalue weighted by atomic mass is 35.5. The summed E-state index contributed by atoms with van der Waals surface area (Å²) >= 11 is 6.10. The van der Waals surface area contributed by atoms with Crippen LogP contribution < -0.4 is 11.1 Å². The van der Waals surface area contributed by atoms with Gasteiger partial charge >= 0.3 is 0 Å². The van der Waals surface area contributed by atoms with Crippen molar-refractivity contribution in [2.75, 3.05) is 13.1 Å². The zero-order chi connectivity index (χ0) is 20.6. The Kier molecular flexibility index (Phi) is 13.3. The van der Waals surface area contributed by atoms with Crippen LogP contribution in [0.2, 0.25) is 5.02 Å². The highest BCUT2D eigenvalue weighted by Crippen LogP contribution is 2.26. The van der Waals surface area contributed by atoms with Crippen molar-refractivity contribution in [2.24, 2.45) is 15.9 Å². The molecule has 0 radical (unpaired) electrons. The second kappa shape index (κ2) is 15.3. The highest BCUT2D eigenvalue weighted by Gasteiger charge is 2.07. The summed E-state index contributed by atoms with van der Waals surface area (Å²) in [6.45, 7) is 8.38. The van der Waals surface area contributed by atoms with Gasteiger partial charge in [0.25, 0.3) is 0 Å². The van der Waals surface area contributed by atoms with Gasteiger partial charge in [0.1, 0.15) is 5.84 Å². The lowest BCUT2D eigenvalue weighted by atomic mass is 10.0. The van der Waals surface area contributed by atoms with Crippen molar-refractivity contribution >= 4 is 28.7 Å². The molecule has 0 saturated carbocycles. The van der Waals surface area contributed by atoms with E-state index in [0.29, 0.717) is 5.84 Å². The molecule has 0 unspecified atom stereocenters. The van der Waals surface area contributed by atoms with E-state index in [9.17, 15) is 0 Å². The van der Waals surface area contributed by atoms with Crippen LogP contribution in [-0.2, 0) is 0 Å². The Morgan fingerprint density at radius 1 is 1.07 bits per heavy atom. The lowest BCUT2D eigenvalue weighted by Gasteiger charge is -2.14. The molecule has 1 aromatic carbocycles. The SMILES string of the molecule is CCCCC/C(C)=N/N=C(\N)CCCC.Clc1ccccc1C1=CCNCC1. The van der Waals surface area contributed by atoms with Crippen molar-refractivity contribution in [1.29, 1.82) is 0 Å². The van der Waals surface area contributed by atoms with Crippen molar-refractivity contribution in [3.8, 4) is 0 Å². The summed E-state index contributed by atoms with van der Waals surface area (Å²) in [5, 5.41) is 12.3. The number of rotatable bonds is 9. The van der Waals surface area contributed by atoms with E-state index in [2.05, 4.69) is 41.5 Å². The Morgan fingerprint density at radius 3 is 2.46 bits per heavy atom. The van der Waals surface area contributed by atoms with Crippen LogP contribution in [0.15, 0.2) is 40.5 Å². The zero-order valence-corrected chi connectivity index (χ0v) is 18.6. The molecule has 0 saturated heterocycles. The van der Waals surface area contributed by atoms with Gasteiger partial charge in [-0.1, -0.05) is 69.0 Å². The van der Waals surface area contributed by atoms with Crippen LogP contribution in [0.1, 0.15) is 77.7 Å². The fraction of sp³-hybridized carbons (Fsp3) is 0.565. The normalized spacial score (nSPS) is 14.9. The highest BCUT2D eigenvalue weighted by molar-refractivity contribution is 6.32. The second-order valence-electron chi connectivity index (χ2n) is 7.15. The molecule has 0 atom stereocenters. The molecule has 0 aliphatic carbocycles. The number of nitrogens with one attached hydrogen (secondary N) is 1. The summed E-state index contributed by atoms with van der Waals surface area (Å²) in [6, 6.07) is 8.02. The van der Waals surface area contributed by atoms with E-state index in [0.717, 1.165) is 55.9 Å². The van der Waals surface area contributed by atoms with E-state index in [1.807, 2.05) is 25.1 Å². The molecule has 1 aliphatic heterocycles. The molecule has 4 nitrogen and oxygen atoms in total. The fourth-order valence-electron chi connectivity index (χ4n) is 2.83. The average molecular weight is 405 g/mol. The molecule has 28 heavy (non-hydrogen) atoms. The molecule has 0 spiro atoms. The van der Waals surface area contributed by atoms with Crippen molar-refractivity contribution in [3.05, 3.63) is 40.9 Å². The van der Waals surface area contributed by atoms with Gasteiger partial charge < -0.3 is 11.1 Å². The second-order valence-corrected chi connectivity index (χ2v) is 7.56. The lowest BCUT2D eigenvalue weighted by molar-refractivity contribution is 0.738. The van der Waals surface area contributed by atoms with Gasteiger partial charge in [0, 0.05) is 23.7 Å². The molecule has 156 valence electrons. The Hall–Kier alpha value is -1.65. The minimum atomic E-state index is 0.659. The first-order valence-electron chi connectivity index (χ1n) is 10.6. The molecule has 1 aromatic rings. The van der Waals surface area contributed by atoms with Gasteiger partial charge in [0.2, 0.25) is 0 Å². The molecule has 1 heterocycles. The third-order valence-corrected chi connectivity index (χ3v) is 4.89. The standard InChI is InChI=1S/C12H25N3.C11H12ClN/c1-4-6-8-9-11(3)14-15-12(13)10-7-5-2;12-11-4-2-1-3-10(11)9-5-7-13-8-6-9/h4-10H2,1-3H3,(H2,13,15);1-5,13H,6-8H2/b14-11+;. The maximum absolute atomic E-state index is 6.10. The first-order valence-corrected chi connectivity index (χ1v) is 11.0. The minimum Gasteiger partial charge on any atom is -0.386 e. The predicted molar refractivity (Wildman–Crippen MR) is 125 cm³/mol. The number of nitrogens with zero attached hydrogens (tertiary/aromatic N) is 2. The minimum absolute atomic E-state index is 0.659. The Morgan fingerprint density at radius 2 is 1.82 bits per heavy atom. The number of hydrogen-bond donors (Lipinski definition) is 2. The molecule has 1 aliphatic rings. The fourth-order valence-corrected chi connectivity index (χ4v) is 3.08. The van der Waals surface area contributed by atoms with E-state index in [1.165, 1.54) is 30.4 Å². The lowest BCUT2D eigenvalue weighted by Crippen LogP contribution is -2.20. The van der Waals surface area contributed by atoms with Crippen molar-refractivity contribution in [3.63, 3.8) is 0 Å². The third kappa shape index (κ3) is 10.6. The molecule has 0 amide bonds. The van der Waals surface area contributed by atoms with Crippen LogP contribution in [0.4, 0.5) is 0 Å². The molecule has 3 N–H and O–H groups in total. The first kappa shape index (κ1) is 24.4. The first-order chi connectivity index (χ1) is 13.6. The number of unbranched alkanes of at least 4 members (excludes halogenated alkanes) is 3. The van der Waals surface area contributed by atoms with Crippen molar-refractivity contribution in [2.45, 2.75) is 72.1 Å². The summed E-state index contributed by atoms with van der Waals surface area (Å²) in [7, 11) is 0. The van der Waals surface area contributed by atoms with Crippen LogP contribution >= 0.6 is 11.6 Å². The van der Waals surface area contributed by atoms with E-state index < -0.39 is 0 Å². The molecule has 0 fully saturated rings. The third-order valence-electron chi connectivity index (χ3n) is 4.56. The maximum Gasteiger partial charge on any atom is 0.122 e. The smallest absolute Gasteiger partial charge is 0.122 e. The summed E-state index contributed by atoms with van der Waals surface area (Å²) < 4.78 is 0. The van der Waals surface area contributed by atoms with E-state index in [-0.39, 0.29) is 0 Å². The molecule has 2 rings (SSSR count). The topological polar surface area (TPSA) is 62.8 Å².